The number of aliphatic hydroxyl groups is 1. The monoisotopic (exact) mass is 315 g/mol. The Morgan fingerprint density at radius 1 is 1.33 bits per heavy atom. The maximum Gasteiger partial charge on any atom is 0.137 e. The highest BCUT2D eigenvalue weighted by atomic mass is 35.5. The summed E-state index contributed by atoms with van der Waals surface area (Å²) in [4.78, 5) is 0. The molecule has 0 aromatic heterocycles. The van der Waals surface area contributed by atoms with E-state index >= 15 is 0 Å². The van der Waals surface area contributed by atoms with Crippen molar-refractivity contribution in [1.82, 2.24) is 0 Å². The van der Waals surface area contributed by atoms with Gasteiger partial charge in [-0.25, -0.2) is 0 Å². The van der Waals surface area contributed by atoms with Gasteiger partial charge in [0.25, 0.3) is 0 Å². The number of anilines is 1. The lowest BCUT2D eigenvalue weighted by Gasteiger charge is -2.14. The summed E-state index contributed by atoms with van der Waals surface area (Å²) in [6, 6.07) is 5.43. The summed E-state index contributed by atoms with van der Waals surface area (Å²) in [6.07, 6.45) is 1.65. The van der Waals surface area contributed by atoms with Gasteiger partial charge in [-0.3, -0.25) is 0 Å². The smallest absolute Gasteiger partial charge is 0.137 e. The second-order valence-electron chi connectivity index (χ2n) is 5.50. The Morgan fingerprint density at radius 3 is 2.71 bits per heavy atom. The largest absolute Gasteiger partial charge is 0.495 e. The van der Waals surface area contributed by atoms with Crippen molar-refractivity contribution in [3.05, 3.63) is 23.2 Å². The third-order valence-corrected chi connectivity index (χ3v) is 3.37. The number of rotatable bonds is 10. The molecule has 1 unspecified atom stereocenters. The quantitative estimate of drug-likeness (QED) is 0.648. The molecule has 1 aromatic carbocycles. The van der Waals surface area contributed by atoms with Crippen LogP contribution in [-0.4, -0.2) is 38.1 Å². The van der Waals surface area contributed by atoms with E-state index in [9.17, 15) is 5.11 Å². The fourth-order valence-electron chi connectivity index (χ4n) is 1.88. The number of aliphatic hydroxyl groups excluding tert-OH is 1. The molecule has 4 nitrogen and oxygen atoms in total. The van der Waals surface area contributed by atoms with Gasteiger partial charge >= 0.3 is 0 Å². The SMILES string of the molecule is COc1ccc(NCC(O)COCCCC(C)C)cc1Cl. The molecule has 1 rings (SSSR count). The lowest BCUT2D eigenvalue weighted by molar-refractivity contribution is 0.0409. The summed E-state index contributed by atoms with van der Waals surface area (Å²) < 4.78 is 10.5. The lowest BCUT2D eigenvalue weighted by atomic mass is 10.1. The fraction of sp³-hybridized carbons (Fsp3) is 0.625. The van der Waals surface area contributed by atoms with Crippen LogP contribution in [0.3, 0.4) is 0 Å². The molecule has 0 saturated carbocycles. The maximum atomic E-state index is 9.84. The van der Waals surface area contributed by atoms with Crippen LogP contribution in [-0.2, 0) is 4.74 Å². The average molecular weight is 316 g/mol. The molecule has 0 aliphatic heterocycles. The summed E-state index contributed by atoms with van der Waals surface area (Å²) in [7, 11) is 1.58. The topological polar surface area (TPSA) is 50.7 Å². The van der Waals surface area contributed by atoms with Gasteiger partial charge in [-0.15, -0.1) is 0 Å². The number of benzene rings is 1. The van der Waals surface area contributed by atoms with Crippen molar-refractivity contribution in [3.63, 3.8) is 0 Å². The van der Waals surface area contributed by atoms with Gasteiger partial charge in [-0.2, -0.15) is 0 Å². The second-order valence-corrected chi connectivity index (χ2v) is 5.90. The summed E-state index contributed by atoms with van der Waals surface area (Å²) in [6.45, 7) is 5.85. The van der Waals surface area contributed by atoms with Crippen LogP contribution in [0.1, 0.15) is 26.7 Å². The number of halogens is 1. The zero-order chi connectivity index (χ0) is 15.7. The van der Waals surface area contributed by atoms with Gasteiger partial charge in [0, 0.05) is 18.8 Å². The Labute approximate surface area is 132 Å². The van der Waals surface area contributed by atoms with E-state index < -0.39 is 6.10 Å². The molecule has 0 radical (unpaired) electrons. The molecule has 5 heteroatoms. The van der Waals surface area contributed by atoms with Crippen molar-refractivity contribution >= 4 is 17.3 Å². The van der Waals surface area contributed by atoms with E-state index in [0.717, 1.165) is 18.5 Å². The van der Waals surface area contributed by atoms with Crippen LogP contribution in [0.2, 0.25) is 5.02 Å². The zero-order valence-electron chi connectivity index (χ0n) is 13.1. The van der Waals surface area contributed by atoms with Crippen LogP contribution < -0.4 is 10.1 Å². The first-order valence-corrected chi connectivity index (χ1v) is 7.74. The molecule has 2 N–H and O–H groups in total. The third-order valence-electron chi connectivity index (χ3n) is 3.07. The molecular formula is C16H26ClNO3. The van der Waals surface area contributed by atoms with E-state index in [4.69, 9.17) is 21.1 Å². The van der Waals surface area contributed by atoms with Crippen molar-refractivity contribution < 1.29 is 14.6 Å². The van der Waals surface area contributed by atoms with E-state index in [1.807, 2.05) is 6.07 Å². The van der Waals surface area contributed by atoms with Crippen molar-refractivity contribution in [2.45, 2.75) is 32.8 Å². The molecule has 1 atom stereocenters. The first kappa shape index (κ1) is 18.1. The molecule has 1 aromatic rings. The van der Waals surface area contributed by atoms with Crippen molar-refractivity contribution in [1.29, 1.82) is 0 Å². The van der Waals surface area contributed by atoms with E-state index in [1.165, 1.54) is 0 Å². The van der Waals surface area contributed by atoms with Crippen molar-refractivity contribution in [2.75, 3.05) is 32.2 Å². The van der Waals surface area contributed by atoms with Gasteiger partial charge in [-0.05, 0) is 37.0 Å². The highest BCUT2D eigenvalue weighted by molar-refractivity contribution is 6.32. The number of hydrogen-bond acceptors (Lipinski definition) is 4. The van der Waals surface area contributed by atoms with Crippen LogP contribution in [0.4, 0.5) is 5.69 Å². The Hall–Kier alpha value is -0.970. The highest BCUT2D eigenvalue weighted by Crippen LogP contribution is 2.27. The first-order chi connectivity index (χ1) is 10.0. The Balaban J connectivity index is 2.20. The predicted octanol–water partition coefficient (Wildman–Crippen LogP) is 3.57. The van der Waals surface area contributed by atoms with Crippen LogP contribution in [0.15, 0.2) is 18.2 Å². The predicted molar refractivity (Wildman–Crippen MR) is 87.4 cm³/mol. The summed E-state index contributed by atoms with van der Waals surface area (Å²) >= 11 is 6.04. The summed E-state index contributed by atoms with van der Waals surface area (Å²) in [5.41, 5.74) is 0.847. The number of methoxy groups -OCH3 is 1. The molecule has 0 spiro atoms. The van der Waals surface area contributed by atoms with E-state index in [2.05, 4.69) is 19.2 Å². The molecule has 0 amide bonds. The van der Waals surface area contributed by atoms with Crippen LogP contribution in [0.25, 0.3) is 0 Å². The van der Waals surface area contributed by atoms with Crippen molar-refractivity contribution in [3.8, 4) is 5.75 Å². The minimum absolute atomic E-state index is 0.342. The van der Waals surface area contributed by atoms with E-state index in [0.29, 0.717) is 36.4 Å². The molecule has 0 fully saturated rings. The lowest BCUT2D eigenvalue weighted by Crippen LogP contribution is -2.25. The van der Waals surface area contributed by atoms with Crippen LogP contribution in [0, 0.1) is 5.92 Å². The second kappa shape index (κ2) is 9.87. The normalized spacial score (nSPS) is 12.5. The van der Waals surface area contributed by atoms with E-state index in [1.54, 1.807) is 19.2 Å². The van der Waals surface area contributed by atoms with Gasteiger partial charge in [0.05, 0.1) is 24.8 Å². The summed E-state index contributed by atoms with van der Waals surface area (Å²) in [5.74, 6) is 1.33. The molecule has 0 bridgehead atoms. The first-order valence-electron chi connectivity index (χ1n) is 7.36. The molecule has 0 aliphatic rings. The Morgan fingerprint density at radius 2 is 2.10 bits per heavy atom. The fourth-order valence-corrected chi connectivity index (χ4v) is 2.14. The summed E-state index contributed by atoms with van der Waals surface area (Å²) in [5, 5.41) is 13.5. The zero-order valence-corrected chi connectivity index (χ0v) is 13.8. The third kappa shape index (κ3) is 7.55. The number of hydrogen-bond donors (Lipinski definition) is 2. The Bertz CT molecular complexity index is 413. The molecule has 120 valence electrons. The van der Waals surface area contributed by atoms with Gasteiger partial charge in [0.2, 0.25) is 0 Å². The standard InChI is InChI=1S/C16H26ClNO3/c1-12(2)5-4-8-21-11-14(19)10-18-13-6-7-16(20-3)15(17)9-13/h6-7,9,12,14,18-19H,4-5,8,10-11H2,1-3H3. The Kier molecular flexibility index (Phi) is 8.50. The van der Waals surface area contributed by atoms with Crippen molar-refractivity contribution in [2.24, 2.45) is 5.92 Å². The molecule has 0 saturated heterocycles. The molecule has 0 aliphatic carbocycles. The molecule has 0 heterocycles. The van der Waals surface area contributed by atoms with Crippen LogP contribution >= 0.6 is 11.6 Å². The van der Waals surface area contributed by atoms with E-state index in [-0.39, 0.29) is 0 Å². The van der Waals surface area contributed by atoms with Gasteiger partial charge in [0.15, 0.2) is 0 Å². The molecular weight excluding hydrogens is 290 g/mol. The molecule has 21 heavy (non-hydrogen) atoms. The number of ether oxygens (including phenoxy) is 2. The van der Waals surface area contributed by atoms with Gasteiger partial charge < -0.3 is 19.9 Å². The highest BCUT2D eigenvalue weighted by Gasteiger charge is 2.06. The van der Waals surface area contributed by atoms with Gasteiger partial charge in [-0.1, -0.05) is 25.4 Å². The average Bonchev–Trinajstić information content (AvgIpc) is 2.44. The van der Waals surface area contributed by atoms with Gasteiger partial charge in [0.1, 0.15) is 5.75 Å². The van der Waals surface area contributed by atoms with Crippen LogP contribution in [0.5, 0.6) is 5.75 Å². The minimum atomic E-state index is -0.537. The minimum Gasteiger partial charge on any atom is -0.495 e. The number of nitrogens with one attached hydrogen (secondary N) is 1. The maximum absolute atomic E-state index is 9.84.